The van der Waals surface area contributed by atoms with Gasteiger partial charge in [-0.1, -0.05) is 23.2 Å². The van der Waals surface area contributed by atoms with Crippen LogP contribution < -0.4 is 0 Å². The second kappa shape index (κ2) is 5.05. The zero-order chi connectivity index (χ0) is 12.4. The minimum atomic E-state index is -0.810. The van der Waals surface area contributed by atoms with Crippen LogP contribution >= 0.6 is 23.2 Å². The molecule has 17 heavy (non-hydrogen) atoms. The number of hydrogen-bond acceptors (Lipinski definition) is 2. The standard InChI is InChI=1S/C13H11Cl2NO/c1-8-4-5-16-7-11(8)13(17)10-6-9(14)2-3-12(10)15/h2-7,13,17H,1H3. The quantitative estimate of drug-likeness (QED) is 0.899. The lowest BCUT2D eigenvalue weighted by Gasteiger charge is -2.15. The summed E-state index contributed by atoms with van der Waals surface area (Å²) in [5, 5.41) is 11.3. The summed E-state index contributed by atoms with van der Waals surface area (Å²) in [5.41, 5.74) is 2.29. The van der Waals surface area contributed by atoms with Gasteiger partial charge >= 0.3 is 0 Å². The predicted octanol–water partition coefficient (Wildman–Crippen LogP) is 3.78. The highest BCUT2D eigenvalue weighted by molar-refractivity contribution is 6.33. The lowest BCUT2D eigenvalue weighted by Crippen LogP contribution is -2.03. The summed E-state index contributed by atoms with van der Waals surface area (Å²) in [6.45, 7) is 1.92. The maximum Gasteiger partial charge on any atom is 0.107 e. The molecule has 1 aromatic carbocycles. The van der Waals surface area contributed by atoms with Crippen molar-refractivity contribution in [3.8, 4) is 0 Å². The Hall–Kier alpha value is -1.09. The van der Waals surface area contributed by atoms with Gasteiger partial charge in [-0.3, -0.25) is 4.98 Å². The van der Waals surface area contributed by atoms with Crippen molar-refractivity contribution in [3.05, 3.63) is 63.4 Å². The Labute approximate surface area is 110 Å². The van der Waals surface area contributed by atoms with E-state index in [2.05, 4.69) is 4.98 Å². The van der Waals surface area contributed by atoms with Gasteiger partial charge in [0, 0.05) is 33.6 Å². The van der Waals surface area contributed by atoms with E-state index in [9.17, 15) is 5.11 Å². The number of hydrogen-bond donors (Lipinski definition) is 1. The average Bonchev–Trinajstić information content (AvgIpc) is 2.32. The summed E-state index contributed by atoms with van der Waals surface area (Å²) in [6.07, 6.45) is 2.51. The van der Waals surface area contributed by atoms with E-state index in [1.54, 1.807) is 30.6 Å². The van der Waals surface area contributed by atoms with Crippen LogP contribution in [0.5, 0.6) is 0 Å². The first-order valence-corrected chi connectivity index (χ1v) is 5.88. The second-order valence-corrected chi connectivity index (χ2v) is 4.64. The fourth-order valence-corrected chi connectivity index (χ4v) is 2.06. The smallest absolute Gasteiger partial charge is 0.107 e. The number of rotatable bonds is 2. The van der Waals surface area contributed by atoms with Crippen molar-refractivity contribution >= 4 is 23.2 Å². The molecule has 0 fully saturated rings. The van der Waals surface area contributed by atoms with E-state index >= 15 is 0 Å². The minimum absolute atomic E-state index is 0.491. The zero-order valence-electron chi connectivity index (χ0n) is 9.19. The molecule has 1 unspecified atom stereocenters. The number of aromatic nitrogens is 1. The van der Waals surface area contributed by atoms with Crippen LogP contribution in [-0.2, 0) is 0 Å². The highest BCUT2D eigenvalue weighted by Crippen LogP contribution is 2.31. The molecular formula is C13H11Cl2NO. The van der Waals surface area contributed by atoms with Crippen molar-refractivity contribution in [1.82, 2.24) is 4.98 Å². The Morgan fingerprint density at radius 3 is 2.65 bits per heavy atom. The molecule has 1 aromatic heterocycles. The molecule has 0 radical (unpaired) electrons. The molecule has 0 saturated heterocycles. The van der Waals surface area contributed by atoms with Crippen LogP contribution in [0.2, 0.25) is 10.0 Å². The fraction of sp³-hybridized carbons (Fsp3) is 0.154. The highest BCUT2D eigenvalue weighted by atomic mass is 35.5. The molecule has 2 rings (SSSR count). The SMILES string of the molecule is Cc1ccncc1C(O)c1cc(Cl)ccc1Cl. The Morgan fingerprint density at radius 1 is 1.18 bits per heavy atom. The molecule has 0 saturated carbocycles. The van der Waals surface area contributed by atoms with Crippen molar-refractivity contribution in [3.63, 3.8) is 0 Å². The van der Waals surface area contributed by atoms with Crippen LogP contribution in [-0.4, -0.2) is 10.1 Å². The van der Waals surface area contributed by atoms with Crippen molar-refractivity contribution < 1.29 is 5.11 Å². The minimum Gasteiger partial charge on any atom is -0.384 e. The van der Waals surface area contributed by atoms with E-state index in [1.807, 2.05) is 13.0 Å². The maximum atomic E-state index is 10.3. The van der Waals surface area contributed by atoms with Crippen LogP contribution in [0.1, 0.15) is 22.8 Å². The number of benzene rings is 1. The van der Waals surface area contributed by atoms with Crippen LogP contribution in [0, 0.1) is 6.92 Å². The van der Waals surface area contributed by atoms with E-state index < -0.39 is 6.10 Å². The maximum absolute atomic E-state index is 10.3. The number of halogens is 2. The third-order valence-corrected chi connectivity index (χ3v) is 3.21. The molecule has 2 nitrogen and oxygen atoms in total. The van der Waals surface area contributed by atoms with Crippen molar-refractivity contribution in [2.45, 2.75) is 13.0 Å². The molecular weight excluding hydrogens is 257 g/mol. The van der Waals surface area contributed by atoms with Crippen LogP contribution in [0.15, 0.2) is 36.7 Å². The summed E-state index contributed by atoms with van der Waals surface area (Å²) < 4.78 is 0. The van der Waals surface area contributed by atoms with Gasteiger partial charge in [-0.05, 0) is 36.8 Å². The third-order valence-electron chi connectivity index (χ3n) is 2.63. The molecule has 0 aliphatic carbocycles. The van der Waals surface area contributed by atoms with Gasteiger partial charge in [0.1, 0.15) is 6.10 Å². The van der Waals surface area contributed by atoms with E-state index in [0.717, 1.165) is 11.1 Å². The van der Waals surface area contributed by atoms with E-state index in [0.29, 0.717) is 15.6 Å². The molecule has 1 N–H and O–H groups in total. The van der Waals surface area contributed by atoms with E-state index in [1.165, 1.54) is 0 Å². The lowest BCUT2D eigenvalue weighted by atomic mass is 9.99. The summed E-state index contributed by atoms with van der Waals surface area (Å²) in [4.78, 5) is 4.01. The van der Waals surface area contributed by atoms with Crippen molar-refractivity contribution in [1.29, 1.82) is 0 Å². The Kier molecular flexibility index (Phi) is 3.67. The molecule has 0 amide bonds. The van der Waals surface area contributed by atoms with Gasteiger partial charge in [0.15, 0.2) is 0 Å². The molecule has 2 aromatic rings. The fourth-order valence-electron chi connectivity index (χ4n) is 1.65. The summed E-state index contributed by atoms with van der Waals surface area (Å²) in [7, 11) is 0. The largest absolute Gasteiger partial charge is 0.384 e. The Bertz CT molecular complexity index is 543. The summed E-state index contributed by atoms with van der Waals surface area (Å²) in [5.74, 6) is 0. The number of aliphatic hydroxyl groups is 1. The molecule has 0 aliphatic heterocycles. The van der Waals surface area contributed by atoms with Gasteiger partial charge in [0.25, 0.3) is 0 Å². The first kappa shape index (κ1) is 12.4. The molecule has 0 spiro atoms. The second-order valence-electron chi connectivity index (χ2n) is 3.80. The normalized spacial score (nSPS) is 12.5. The van der Waals surface area contributed by atoms with E-state index in [-0.39, 0.29) is 0 Å². The number of nitrogens with zero attached hydrogens (tertiary/aromatic N) is 1. The Morgan fingerprint density at radius 2 is 1.94 bits per heavy atom. The molecule has 0 bridgehead atoms. The number of pyridine rings is 1. The van der Waals surface area contributed by atoms with Gasteiger partial charge in [0.05, 0.1) is 0 Å². The topological polar surface area (TPSA) is 33.1 Å². The molecule has 0 aliphatic rings. The molecule has 4 heteroatoms. The van der Waals surface area contributed by atoms with Crippen molar-refractivity contribution in [2.75, 3.05) is 0 Å². The lowest BCUT2D eigenvalue weighted by molar-refractivity contribution is 0.219. The first-order chi connectivity index (χ1) is 8.09. The monoisotopic (exact) mass is 267 g/mol. The van der Waals surface area contributed by atoms with Crippen LogP contribution in [0.4, 0.5) is 0 Å². The van der Waals surface area contributed by atoms with E-state index in [4.69, 9.17) is 23.2 Å². The van der Waals surface area contributed by atoms with Crippen LogP contribution in [0.3, 0.4) is 0 Å². The number of aliphatic hydroxyl groups excluding tert-OH is 1. The van der Waals surface area contributed by atoms with Gasteiger partial charge in [-0.25, -0.2) is 0 Å². The molecule has 1 atom stereocenters. The average molecular weight is 268 g/mol. The summed E-state index contributed by atoms with van der Waals surface area (Å²) >= 11 is 12.0. The van der Waals surface area contributed by atoms with Crippen LogP contribution in [0.25, 0.3) is 0 Å². The van der Waals surface area contributed by atoms with Gasteiger partial charge < -0.3 is 5.11 Å². The van der Waals surface area contributed by atoms with Gasteiger partial charge in [-0.2, -0.15) is 0 Å². The van der Waals surface area contributed by atoms with Gasteiger partial charge in [0.2, 0.25) is 0 Å². The third kappa shape index (κ3) is 2.60. The molecule has 1 heterocycles. The summed E-state index contributed by atoms with van der Waals surface area (Å²) in [6, 6.07) is 6.88. The molecule has 88 valence electrons. The Balaban J connectivity index is 2.47. The predicted molar refractivity (Wildman–Crippen MR) is 69.5 cm³/mol. The first-order valence-electron chi connectivity index (χ1n) is 5.13. The van der Waals surface area contributed by atoms with Gasteiger partial charge in [-0.15, -0.1) is 0 Å². The van der Waals surface area contributed by atoms with Crippen molar-refractivity contribution in [2.24, 2.45) is 0 Å². The highest BCUT2D eigenvalue weighted by Gasteiger charge is 2.16. The number of aryl methyl sites for hydroxylation is 1. The zero-order valence-corrected chi connectivity index (χ0v) is 10.7.